The third-order valence-electron chi connectivity index (χ3n) is 6.78. The first-order valence-electron chi connectivity index (χ1n) is 16.8. The first kappa shape index (κ1) is 40.6. The Hall–Kier alpha value is -2.44. The second-order valence-electron chi connectivity index (χ2n) is 11.6. The van der Waals surface area contributed by atoms with Crippen LogP contribution in [0.25, 0.3) is 0 Å². The monoisotopic (exact) mass is 602 g/mol. The summed E-state index contributed by atoms with van der Waals surface area (Å²) in [6, 6.07) is 0. The van der Waals surface area contributed by atoms with Gasteiger partial charge in [0.15, 0.2) is 0 Å². The van der Waals surface area contributed by atoms with Gasteiger partial charge in [-0.05, 0) is 50.9 Å². The van der Waals surface area contributed by atoms with E-state index in [4.69, 9.17) is 9.47 Å². The molecular weight excluding hydrogens is 540 g/mol. The van der Waals surface area contributed by atoms with Gasteiger partial charge in [0.25, 0.3) is 0 Å². The molecule has 0 fully saturated rings. The quantitative estimate of drug-likeness (QED) is 0.0402. The van der Waals surface area contributed by atoms with Crippen LogP contribution in [-0.4, -0.2) is 47.6 Å². The SMILES string of the molecule is CC/C=C\C/C=C\CC(O)/C=C/C=C\C/C=C\CCCC(=O)OC[C@@H](O)COC(=O)CCCCCCCCCCC(C)C. The molecular formula is C37H62O6. The highest BCUT2D eigenvalue weighted by molar-refractivity contribution is 5.69. The van der Waals surface area contributed by atoms with Gasteiger partial charge in [0.1, 0.15) is 19.3 Å². The number of carbonyl (C=O) groups is 2. The van der Waals surface area contributed by atoms with Crippen LogP contribution in [0, 0.1) is 5.92 Å². The van der Waals surface area contributed by atoms with Crippen molar-refractivity contribution in [1.82, 2.24) is 0 Å². The minimum absolute atomic E-state index is 0.152. The summed E-state index contributed by atoms with van der Waals surface area (Å²) in [4.78, 5) is 23.8. The molecule has 0 saturated carbocycles. The summed E-state index contributed by atoms with van der Waals surface area (Å²) in [5, 5.41) is 19.9. The van der Waals surface area contributed by atoms with Gasteiger partial charge < -0.3 is 19.7 Å². The minimum atomic E-state index is -1.00. The van der Waals surface area contributed by atoms with Gasteiger partial charge in [0.2, 0.25) is 0 Å². The van der Waals surface area contributed by atoms with Gasteiger partial charge in [-0.15, -0.1) is 0 Å². The molecule has 0 rings (SSSR count). The standard InChI is InChI=1S/C37H62O6/c1-4-5-6-7-17-22-27-34(38)28-23-18-13-9-11-15-20-25-30-37(41)43-32-35(39)31-42-36(40)29-24-19-14-10-8-12-16-21-26-33(2)3/h5-6,11,13,15,17-18,22-23,28,33-35,38-39H,4,7-10,12,14,16,19-21,24-27,29-32H2,1-3H3/b6-5-,15-11-,18-13-,22-17-,28-23+/t34?,35-/m0/s1. The molecule has 0 bridgehead atoms. The maximum atomic E-state index is 11.9. The highest BCUT2D eigenvalue weighted by atomic mass is 16.6. The van der Waals surface area contributed by atoms with Crippen LogP contribution < -0.4 is 0 Å². The second kappa shape index (κ2) is 31.0. The van der Waals surface area contributed by atoms with E-state index in [-0.39, 0.29) is 31.6 Å². The number of hydrogen-bond donors (Lipinski definition) is 2. The fourth-order valence-electron chi connectivity index (χ4n) is 4.21. The lowest BCUT2D eigenvalue weighted by Crippen LogP contribution is -2.25. The summed E-state index contributed by atoms with van der Waals surface area (Å²) in [7, 11) is 0. The Morgan fingerprint density at radius 1 is 0.651 bits per heavy atom. The van der Waals surface area contributed by atoms with Crippen molar-refractivity contribution in [3.8, 4) is 0 Å². The Morgan fingerprint density at radius 3 is 1.86 bits per heavy atom. The molecule has 0 aliphatic carbocycles. The molecule has 0 amide bonds. The number of ether oxygens (including phenoxy) is 2. The zero-order valence-corrected chi connectivity index (χ0v) is 27.5. The van der Waals surface area contributed by atoms with Crippen LogP contribution >= 0.6 is 0 Å². The third-order valence-corrected chi connectivity index (χ3v) is 6.78. The lowest BCUT2D eigenvalue weighted by atomic mass is 10.0. The summed E-state index contributed by atoms with van der Waals surface area (Å²) < 4.78 is 10.2. The van der Waals surface area contributed by atoms with Gasteiger partial charge in [-0.2, -0.15) is 0 Å². The van der Waals surface area contributed by atoms with E-state index < -0.39 is 12.2 Å². The molecule has 246 valence electrons. The summed E-state index contributed by atoms with van der Waals surface area (Å²) in [6.07, 6.45) is 34.5. The third kappa shape index (κ3) is 32.3. The molecule has 0 aliphatic rings. The number of rotatable bonds is 28. The Kier molecular flexibility index (Phi) is 29.2. The van der Waals surface area contributed by atoms with Gasteiger partial charge in [-0.3, -0.25) is 9.59 Å². The highest BCUT2D eigenvalue weighted by Gasteiger charge is 2.12. The lowest BCUT2D eigenvalue weighted by Gasteiger charge is -2.12. The van der Waals surface area contributed by atoms with E-state index in [9.17, 15) is 19.8 Å². The number of unbranched alkanes of at least 4 members (excludes halogenated alkanes) is 8. The van der Waals surface area contributed by atoms with E-state index in [1.165, 1.54) is 38.5 Å². The van der Waals surface area contributed by atoms with Crippen molar-refractivity contribution in [3.05, 3.63) is 60.8 Å². The molecule has 6 nitrogen and oxygen atoms in total. The zero-order valence-electron chi connectivity index (χ0n) is 27.5. The van der Waals surface area contributed by atoms with Crippen molar-refractivity contribution in [3.63, 3.8) is 0 Å². The van der Waals surface area contributed by atoms with Gasteiger partial charge in [0.05, 0.1) is 6.10 Å². The van der Waals surface area contributed by atoms with Crippen LogP contribution in [0.2, 0.25) is 0 Å². The normalized spacial score (nSPS) is 13.8. The van der Waals surface area contributed by atoms with E-state index >= 15 is 0 Å². The molecule has 2 N–H and O–H groups in total. The molecule has 0 spiro atoms. The summed E-state index contributed by atoms with van der Waals surface area (Å²) in [6.45, 7) is 6.33. The maximum absolute atomic E-state index is 11.9. The second-order valence-corrected chi connectivity index (χ2v) is 11.6. The van der Waals surface area contributed by atoms with Crippen LogP contribution in [0.5, 0.6) is 0 Å². The van der Waals surface area contributed by atoms with Crippen molar-refractivity contribution in [2.45, 2.75) is 142 Å². The average Bonchev–Trinajstić information content (AvgIpc) is 2.98. The fraction of sp³-hybridized carbons (Fsp3) is 0.676. The van der Waals surface area contributed by atoms with E-state index in [1.807, 2.05) is 36.5 Å². The highest BCUT2D eigenvalue weighted by Crippen LogP contribution is 2.13. The number of allylic oxidation sites excluding steroid dienone is 8. The van der Waals surface area contributed by atoms with Crippen LogP contribution in [0.15, 0.2) is 60.8 Å². The molecule has 1 unspecified atom stereocenters. The molecule has 0 radical (unpaired) electrons. The zero-order chi connectivity index (χ0) is 31.8. The molecule has 0 aromatic heterocycles. The van der Waals surface area contributed by atoms with E-state index in [1.54, 1.807) is 6.08 Å². The van der Waals surface area contributed by atoms with Crippen LogP contribution in [0.4, 0.5) is 0 Å². The summed E-state index contributed by atoms with van der Waals surface area (Å²) in [5.41, 5.74) is 0. The molecule has 0 saturated heterocycles. The summed E-state index contributed by atoms with van der Waals surface area (Å²) >= 11 is 0. The predicted octanol–water partition coefficient (Wildman–Crippen LogP) is 8.88. The number of esters is 2. The van der Waals surface area contributed by atoms with Crippen molar-refractivity contribution < 1.29 is 29.3 Å². The minimum Gasteiger partial charge on any atom is -0.463 e. The summed E-state index contributed by atoms with van der Waals surface area (Å²) in [5.74, 6) is 0.120. The van der Waals surface area contributed by atoms with Gasteiger partial charge >= 0.3 is 11.9 Å². The molecule has 0 aromatic rings. The smallest absolute Gasteiger partial charge is 0.305 e. The van der Waals surface area contributed by atoms with E-state index in [0.717, 1.165) is 50.9 Å². The number of aliphatic hydroxyl groups excluding tert-OH is 2. The Balaban J connectivity index is 3.68. The topological polar surface area (TPSA) is 93.1 Å². The van der Waals surface area contributed by atoms with Crippen LogP contribution in [0.3, 0.4) is 0 Å². The molecule has 0 heterocycles. The number of aliphatic hydroxyl groups is 2. The molecule has 43 heavy (non-hydrogen) atoms. The fourth-order valence-corrected chi connectivity index (χ4v) is 4.21. The number of hydrogen-bond acceptors (Lipinski definition) is 6. The van der Waals surface area contributed by atoms with E-state index in [2.05, 4.69) is 39.0 Å². The average molecular weight is 603 g/mol. The first-order valence-corrected chi connectivity index (χ1v) is 16.8. The van der Waals surface area contributed by atoms with Gasteiger partial charge in [-0.25, -0.2) is 0 Å². The molecule has 6 heteroatoms. The first-order chi connectivity index (χ1) is 20.8. The van der Waals surface area contributed by atoms with Gasteiger partial charge in [0, 0.05) is 12.8 Å². The Bertz CT molecular complexity index is 808. The van der Waals surface area contributed by atoms with Crippen molar-refractivity contribution in [2.75, 3.05) is 13.2 Å². The Morgan fingerprint density at radius 2 is 1.21 bits per heavy atom. The molecule has 2 atom stereocenters. The van der Waals surface area contributed by atoms with Crippen molar-refractivity contribution >= 4 is 11.9 Å². The Labute approximate surface area is 263 Å². The van der Waals surface area contributed by atoms with Crippen molar-refractivity contribution in [2.24, 2.45) is 5.92 Å². The van der Waals surface area contributed by atoms with Crippen LogP contribution in [-0.2, 0) is 19.1 Å². The van der Waals surface area contributed by atoms with Crippen molar-refractivity contribution in [1.29, 1.82) is 0 Å². The maximum Gasteiger partial charge on any atom is 0.305 e. The lowest BCUT2D eigenvalue weighted by molar-refractivity contribution is -0.152. The number of carbonyl (C=O) groups excluding carboxylic acids is 2. The largest absolute Gasteiger partial charge is 0.463 e. The van der Waals surface area contributed by atoms with Crippen LogP contribution in [0.1, 0.15) is 130 Å². The van der Waals surface area contributed by atoms with E-state index in [0.29, 0.717) is 19.3 Å². The molecule has 0 aliphatic heterocycles. The van der Waals surface area contributed by atoms with Gasteiger partial charge in [-0.1, -0.05) is 133 Å². The predicted molar refractivity (Wildman–Crippen MR) is 179 cm³/mol. The molecule has 0 aromatic carbocycles.